The highest BCUT2D eigenvalue weighted by Crippen LogP contribution is 2.38. The summed E-state index contributed by atoms with van der Waals surface area (Å²) in [5.74, 6) is 1.39. The van der Waals surface area contributed by atoms with E-state index < -0.39 is 5.66 Å². The van der Waals surface area contributed by atoms with Gasteiger partial charge in [-0.3, -0.25) is 14.2 Å². The number of aromatic nitrogens is 1. The molecule has 1 fully saturated rings. The summed E-state index contributed by atoms with van der Waals surface area (Å²) < 4.78 is 2.13. The maximum Gasteiger partial charge on any atom is 0.270 e. The zero-order chi connectivity index (χ0) is 11.5. The van der Waals surface area contributed by atoms with Gasteiger partial charge in [0.25, 0.3) is 11.5 Å². The molecule has 2 aliphatic heterocycles. The molecule has 0 atom stereocenters. The summed E-state index contributed by atoms with van der Waals surface area (Å²) >= 11 is 4.97. The molecule has 1 N–H and O–H groups in total. The zero-order valence-electron chi connectivity index (χ0n) is 8.54. The molecule has 0 aromatic carbocycles. The van der Waals surface area contributed by atoms with Gasteiger partial charge < -0.3 is 5.32 Å². The summed E-state index contributed by atoms with van der Waals surface area (Å²) in [4.78, 5) is 23.9. The number of hydrogen-bond donors (Lipinski definition) is 1. The SMILES string of the molecule is Cc1cc(Br)c(=O)n2c1C(=O)NC21CSC1. The van der Waals surface area contributed by atoms with E-state index in [0.29, 0.717) is 10.2 Å². The molecule has 0 unspecified atom stereocenters. The Labute approximate surface area is 105 Å². The normalized spacial score (nSPS) is 20.5. The molecule has 1 spiro atoms. The van der Waals surface area contributed by atoms with E-state index in [1.165, 1.54) is 0 Å². The number of halogens is 1. The molecule has 0 saturated carbocycles. The number of nitrogens with one attached hydrogen (secondary N) is 1. The first-order chi connectivity index (χ1) is 7.55. The quantitative estimate of drug-likeness (QED) is 0.779. The molecular formula is C10H9BrN2O2S. The van der Waals surface area contributed by atoms with Crippen LogP contribution in [-0.2, 0) is 5.66 Å². The summed E-state index contributed by atoms with van der Waals surface area (Å²) in [6.07, 6.45) is 0. The van der Waals surface area contributed by atoms with Crippen LogP contribution < -0.4 is 10.9 Å². The van der Waals surface area contributed by atoms with Crippen LogP contribution in [0.15, 0.2) is 15.3 Å². The molecule has 3 rings (SSSR count). The van der Waals surface area contributed by atoms with Gasteiger partial charge in [0.05, 0.1) is 4.47 Å². The van der Waals surface area contributed by atoms with Crippen molar-refractivity contribution in [1.29, 1.82) is 0 Å². The van der Waals surface area contributed by atoms with Gasteiger partial charge in [-0.05, 0) is 34.5 Å². The van der Waals surface area contributed by atoms with Gasteiger partial charge >= 0.3 is 0 Å². The lowest BCUT2D eigenvalue weighted by molar-refractivity contribution is 0.0934. The summed E-state index contributed by atoms with van der Waals surface area (Å²) in [7, 11) is 0. The smallest absolute Gasteiger partial charge is 0.270 e. The standard InChI is InChI=1S/C10H9BrN2O2S/c1-5-2-6(11)9(15)13-7(5)8(14)12-10(13)3-16-4-10/h2H,3-4H2,1H3,(H,12,14). The summed E-state index contributed by atoms with van der Waals surface area (Å²) in [5.41, 5.74) is 0.744. The van der Waals surface area contributed by atoms with Crippen LogP contribution in [0.1, 0.15) is 16.1 Å². The van der Waals surface area contributed by atoms with E-state index in [1.54, 1.807) is 22.4 Å². The number of fused-ring (bicyclic) bond motifs is 2. The predicted molar refractivity (Wildman–Crippen MR) is 65.9 cm³/mol. The molecule has 1 aromatic heterocycles. The number of amides is 1. The van der Waals surface area contributed by atoms with E-state index in [-0.39, 0.29) is 11.5 Å². The van der Waals surface area contributed by atoms with Gasteiger partial charge in [0.2, 0.25) is 0 Å². The lowest BCUT2D eigenvalue weighted by Crippen LogP contribution is -2.57. The van der Waals surface area contributed by atoms with E-state index in [0.717, 1.165) is 17.1 Å². The largest absolute Gasteiger partial charge is 0.326 e. The molecule has 3 heterocycles. The van der Waals surface area contributed by atoms with Crippen LogP contribution in [0.4, 0.5) is 0 Å². The summed E-state index contributed by atoms with van der Waals surface area (Å²) in [6, 6.07) is 1.71. The Balaban J connectivity index is 2.38. The highest BCUT2D eigenvalue weighted by molar-refractivity contribution is 9.10. The van der Waals surface area contributed by atoms with Crippen LogP contribution in [0.3, 0.4) is 0 Å². The van der Waals surface area contributed by atoms with E-state index in [1.807, 2.05) is 6.92 Å². The van der Waals surface area contributed by atoms with Gasteiger partial charge in [0.1, 0.15) is 11.4 Å². The molecule has 1 saturated heterocycles. The first-order valence-corrected chi connectivity index (χ1v) is 6.83. The highest BCUT2D eigenvalue weighted by atomic mass is 79.9. The minimum Gasteiger partial charge on any atom is -0.326 e. The number of carbonyl (C=O) groups excluding carboxylic acids is 1. The second-order valence-corrected chi connectivity index (χ2v) is 5.98. The van der Waals surface area contributed by atoms with Gasteiger partial charge in [0.15, 0.2) is 0 Å². The summed E-state index contributed by atoms with van der Waals surface area (Å²) in [5, 5.41) is 2.92. The Morgan fingerprint density at radius 3 is 2.75 bits per heavy atom. The molecule has 4 nitrogen and oxygen atoms in total. The fourth-order valence-electron chi connectivity index (χ4n) is 2.22. The van der Waals surface area contributed by atoms with Crippen LogP contribution in [-0.4, -0.2) is 22.0 Å². The van der Waals surface area contributed by atoms with Crippen molar-refractivity contribution in [2.45, 2.75) is 12.6 Å². The Morgan fingerprint density at radius 1 is 1.50 bits per heavy atom. The van der Waals surface area contributed by atoms with Gasteiger partial charge in [-0.15, -0.1) is 0 Å². The average Bonchev–Trinajstić information content (AvgIpc) is 2.48. The van der Waals surface area contributed by atoms with Gasteiger partial charge in [-0.1, -0.05) is 0 Å². The van der Waals surface area contributed by atoms with Crippen molar-refractivity contribution < 1.29 is 4.79 Å². The number of thioether (sulfide) groups is 1. The van der Waals surface area contributed by atoms with Crippen molar-refractivity contribution in [1.82, 2.24) is 9.88 Å². The third kappa shape index (κ3) is 1.11. The lowest BCUT2D eigenvalue weighted by atomic mass is 10.2. The Morgan fingerprint density at radius 2 is 2.19 bits per heavy atom. The molecule has 0 radical (unpaired) electrons. The molecular weight excluding hydrogens is 292 g/mol. The number of aryl methyl sites for hydroxylation is 1. The van der Waals surface area contributed by atoms with Gasteiger partial charge in [-0.2, -0.15) is 11.8 Å². The lowest BCUT2D eigenvalue weighted by Gasteiger charge is -2.38. The van der Waals surface area contributed by atoms with E-state index in [2.05, 4.69) is 21.2 Å². The fourth-order valence-corrected chi connectivity index (χ4v) is 3.73. The van der Waals surface area contributed by atoms with Crippen LogP contribution in [0.5, 0.6) is 0 Å². The van der Waals surface area contributed by atoms with Crippen molar-refractivity contribution in [2.24, 2.45) is 0 Å². The third-order valence-electron chi connectivity index (χ3n) is 3.02. The van der Waals surface area contributed by atoms with E-state index >= 15 is 0 Å². The van der Waals surface area contributed by atoms with Crippen molar-refractivity contribution >= 4 is 33.6 Å². The average molecular weight is 301 g/mol. The molecule has 84 valence electrons. The van der Waals surface area contributed by atoms with Crippen molar-refractivity contribution in [3.63, 3.8) is 0 Å². The highest BCUT2D eigenvalue weighted by Gasteiger charge is 2.49. The third-order valence-corrected chi connectivity index (χ3v) is 4.95. The number of nitrogens with zero attached hydrogens (tertiary/aromatic N) is 1. The Bertz CT molecular complexity index is 563. The number of pyridine rings is 1. The van der Waals surface area contributed by atoms with Gasteiger partial charge in [0, 0.05) is 11.5 Å². The van der Waals surface area contributed by atoms with Crippen LogP contribution in [0.2, 0.25) is 0 Å². The molecule has 1 amide bonds. The topological polar surface area (TPSA) is 51.1 Å². The van der Waals surface area contributed by atoms with Crippen molar-refractivity contribution in [3.05, 3.63) is 32.2 Å². The maximum absolute atomic E-state index is 12.1. The first-order valence-electron chi connectivity index (χ1n) is 4.88. The molecule has 16 heavy (non-hydrogen) atoms. The van der Waals surface area contributed by atoms with Crippen LogP contribution in [0, 0.1) is 6.92 Å². The predicted octanol–water partition coefficient (Wildman–Crippen LogP) is 1.06. The van der Waals surface area contributed by atoms with E-state index in [9.17, 15) is 9.59 Å². The Kier molecular flexibility index (Phi) is 2.04. The van der Waals surface area contributed by atoms with Gasteiger partial charge in [-0.25, -0.2) is 0 Å². The van der Waals surface area contributed by atoms with E-state index in [4.69, 9.17) is 0 Å². The number of rotatable bonds is 0. The second kappa shape index (κ2) is 3.13. The number of carbonyl (C=O) groups is 1. The zero-order valence-corrected chi connectivity index (χ0v) is 10.9. The van der Waals surface area contributed by atoms with Crippen LogP contribution in [0.25, 0.3) is 0 Å². The monoisotopic (exact) mass is 300 g/mol. The molecule has 0 bridgehead atoms. The number of hydrogen-bond acceptors (Lipinski definition) is 3. The molecule has 6 heteroatoms. The second-order valence-electron chi connectivity index (χ2n) is 4.14. The molecule has 1 aromatic rings. The molecule has 0 aliphatic carbocycles. The minimum absolute atomic E-state index is 0.126. The van der Waals surface area contributed by atoms with Crippen molar-refractivity contribution in [2.75, 3.05) is 11.5 Å². The molecule has 2 aliphatic rings. The summed E-state index contributed by atoms with van der Waals surface area (Å²) in [6.45, 7) is 1.85. The van der Waals surface area contributed by atoms with Crippen LogP contribution >= 0.6 is 27.7 Å². The maximum atomic E-state index is 12.1. The fraction of sp³-hybridized carbons (Fsp3) is 0.400. The Hall–Kier alpha value is -0.750. The first kappa shape index (κ1) is 10.4. The van der Waals surface area contributed by atoms with Crippen molar-refractivity contribution in [3.8, 4) is 0 Å². The minimum atomic E-state index is -0.470.